The van der Waals surface area contributed by atoms with Crippen LogP contribution in [0.2, 0.25) is 0 Å². The van der Waals surface area contributed by atoms with Gasteiger partial charge in [0.25, 0.3) is 0 Å². The minimum atomic E-state index is -0.716. The lowest BCUT2D eigenvalue weighted by atomic mass is 10.2. The number of hydrogen-bond donors (Lipinski definition) is 1. The van der Waals surface area contributed by atoms with Crippen LogP contribution in [-0.2, 0) is 20.9 Å². The molecule has 0 spiro atoms. The first-order chi connectivity index (χ1) is 8.16. The molecule has 1 aromatic rings. The predicted molar refractivity (Wildman–Crippen MR) is 56.4 cm³/mol. The van der Waals surface area contributed by atoms with Gasteiger partial charge in [0, 0.05) is 5.56 Å². The predicted octanol–water partition coefficient (Wildman–Crippen LogP) is 0.745. The molecule has 5 nitrogen and oxygen atoms in total. The fourth-order valence-corrected chi connectivity index (χ4v) is 1.32. The van der Waals surface area contributed by atoms with Crippen molar-refractivity contribution in [2.45, 2.75) is 13.0 Å². The van der Waals surface area contributed by atoms with E-state index in [1.807, 2.05) is 0 Å². The van der Waals surface area contributed by atoms with Gasteiger partial charge in [-0.25, -0.2) is 14.6 Å². The summed E-state index contributed by atoms with van der Waals surface area (Å²) in [6, 6.07) is 5.98. The number of nitrogens with zero attached hydrogens (tertiary/aromatic N) is 1. The number of nitrogens with one attached hydrogen (secondary N) is 1. The standard InChI is InChI=1S/C11H9FN2O3/c12-8-4-2-1-3-7(8)6-17-11(16)9-5-10(15)14-13-9/h1-4H,5-6H2,(H,14,15). The van der Waals surface area contributed by atoms with Gasteiger partial charge in [0.2, 0.25) is 5.91 Å². The van der Waals surface area contributed by atoms with Gasteiger partial charge in [0.05, 0.1) is 6.42 Å². The molecule has 0 saturated heterocycles. The number of carbonyl (C=O) groups is 2. The molecule has 0 bridgehead atoms. The Hall–Kier alpha value is -2.24. The van der Waals surface area contributed by atoms with Crippen LogP contribution in [0.4, 0.5) is 4.39 Å². The second-order valence-electron chi connectivity index (χ2n) is 3.44. The highest BCUT2D eigenvalue weighted by atomic mass is 19.1. The van der Waals surface area contributed by atoms with Crippen LogP contribution in [0, 0.1) is 5.82 Å². The van der Waals surface area contributed by atoms with Gasteiger partial charge in [0.15, 0.2) is 5.71 Å². The van der Waals surface area contributed by atoms with Crippen molar-refractivity contribution in [2.75, 3.05) is 0 Å². The number of rotatable bonds is 3. The van der Waals surface area contributed by atoms with Crippen molar-refractivity contribution >= 4 is 17.6 Å². The molecule has 1 amide bonds. The molecule has 1 aromatic carbocycles. The van der Waals surface area contributed by atoms with Gasteiger partial charge >= 0.3 is 5.97 Å². The highest BCUT2D eigenvalue weighted by molar-refractivity contribution is 6.41. The molecule has 88 valence electrons. The number of esters is 1. The van der Waals surface area contributed by atoms with E-state index in [1.54, 1.807) is 12.1 Å². The van der Waals surface area contributed by atoms with Crippen LogP contribution < -0.4 is 5.43 Å². The molecule has 1 aliphatic rings. The summed E-state index contributed by atoms with van der Waals surface area (Å²) in [5, 5.41) is 3.50. The van der Waals surface area contributed by atoms with Gasteiger partial charge in [0.1, 0.15) is 12.4 Å². The van der Waals surface area contributed by atoms with Gasteiger partial charge < -0.3 is 4.74 Å². The van der Waals surface area contributed by atoms with Crippen LogP contribution in [-0.4, -0.2) is 17.6 Å². The number of benzene rings is 1. The fraction of sp³-hybridized carbons (Fsp3) is 0.182. The number of halogens is 1. The van der Waals surface area contributed by atoms with Crippen LogP contribution in [0.15, 0.2) is 29.4 Å². The lowest BCUT2D eigenvalue weighted by molar-refractivity contribution is -0.137. The third-order valence-corrected chi connectivity index (χ3v) is 2.20. The Morgan fingerprint density at radius 2 is 2.24 bits per heavy atom. The molecule has 17 heavy (non-hydrogen) atoms. The van der Waals surface area contributed by atoms with E-state index in [1.165, 1.54) is 12.1 Å². The van der Waals surface area contributed by atoms with Crippen molar-refractivity contribution in [3.05, 3.63) is 35.6 Å². The normalized spacial score (nSPS) is 14.2. The quantitative estimate of drug-likeness (QED) is 0.787. The molecule has 0 unspecified atom stereocenters. The van der Waals surface area contributed by atoms with E-state index >= 15 is 0 Å². The molecule has 0 aliphatic carbocycles. The minimum absolute atomic E-state index is 0.00587. The van der Waals surface area contributed by atoms with Gasteiger partial charge in [-0.3, -0.25) is 4.79 Å². The summed E-state index contributed by atoms with van der Waals surface area (Å²) in [6.07, 6.45) is -0.101. The second kappa shape index (κ2) is 4.73. The van der Waals surface area contributed by atoms with E-state index in [0.29, 0.717) is 0 Å². The summed E-state index contributed by atoms with van der Waals surface area (Å²) in [5.41, 5.74) is 2.42. The molecule has 0 radical (unpaired) electrons. The summed E-state index contributed by atoms with van der Waals surface area (Å²) in [6.45, 7) is -0.182. The largest absolute Gasteiger partial charge is 0.456 e. The Kier molecular flexibility index (Phi) is 3.13. The first-order valence-electron chi connectivity index (χ1n) is 4.93. The summed E-state index contributed by atoms with van der Waals surface area (Å²) in [4.78, 5) is 22.2. The zero-order chi connectivity index (χ0) is 12.3. The highest BCUT2D eigenvalue weighted by Gasteiger charge is 2.22. The third kappa shape index (κ3) is 2.66. The van der Waals surface area contributed by atoms with E-state index in [9.17, 15) is 14.0 Å². The van der Waals surface area contributed by atoms with Crippen molar-refractivity contribution < 1.29 is 18.7 Å². The van der Waals surface area contributed by atoms with Gasteiger partial charge in [-0.1, -0.05) is 18.2 Å². The topological polar surface area (TPSA) is 67.8 Å². The average Bonchev–Trinajstić information content (AvgIpc) is 2.74. The monoisotopic (exact) mass is 236 g/mol. The van der Waals surface area contributed by atoms with Crippen molar-refractivity contribution in [1.82, 2.24) is 5.43 Å². The van der Waals surface area contributed by atoms with E-state index in [4.69, 9.17) is 4.74 Å². The molecule has 6 heteroatoms. The van der Waals surface area contributed by atoms with Gasteiger partial charge in [-0.15, -0.1) is 0 Å². The Morgan fingerprint density at radius 1 is 1.47 bits per heavy atom. The molecule has 1 heterocycles. The lowest BCUT2D eigenvalue weighted by Crippen LogP contribution is -2.17. The summed E-state index contributed by atoms with van der Waals surface area (Å²) in [7, 11) is 0. The summed E-state index contributed by atoms with van der Waals surface area (Å²) >= 11 is 0. The van der Waals surface area contributed by atoms with Crippen LogP contribution in [0.25, 0.3) is 0 Å². The van der Waals surface area contributed by atoms with Crippen LogP contribution >= 0.6 is 0 Å². The van der Waals surface area contributed by atoms with E-state index in [-0.39, 0.29) is 30.2 Å². The first-order valence-corrected chi connectivity index (χ1v) is 4.93. The zero-order valence-electron chi connectivity index (χ0n) is 8.77. The maximum absolute atomic E-state index is 13.2. The average molecular weight is 236 g/mol. The minimum Gasteiger partial charge on any atom is -0.456 e. The van der Waals surface area contributed by atoms with Crippen molar-refractivity contribution in [3.8, 4) is 0 Å². The molecular weight excluding hydrogens is 227 g/mol. The van der Waals surface area contributed by atoms with E-state index in [0.717, 1.165) is 0 Å². The van der Waals surface area contributed by atoms with Crippen LogP contribution in [0.3, 0.4) is 0 Å². The summed E-state index contributed by atoms with van der Waals surface area (Å²) in [5.74, 6) is -1.52. The molecule has 0 atom stereocenters. The maximum Gasteiger partial charge on any atom is 0.355 e. The van der Waals surface area contributed by atoms with Crippen LogP contribution in [0.1, 0.15) is 12.0 Å². The number of carbonyl (C=O) groups excluding carboxylic acids is 2. The first kappa shape index (κ1) is 11.3. The number of hydrogen-bond acceptors (Lipinski definition) is 4. The second-order valence-corrected chi connectivity index (χ2v) is 3.44. The maximum atomic E-state index is 13.2. The van der Waals surface area contributed by atoms with E-state index in [2.05, 4.69) is 10.5 Å². The number of amides is 1. The van der Waals surface area contributed by atoms with E-state index < -0.39 is 11.8 Å². The molecule has 0 fully saturated rings. The lowest BCUT2D eigenvalue weighted by Gasteiger charge is -2.04. The molecular formula is C11H9FN2O3. The zero-order valence-corrected chi connectivity index (χ0v) is 8.77. The number of hydrazone groups is 1. The fourth-order valence-electron chi connectivity index (χ4n) is 1.32. The third-order valence-electron chi connectivity index (χ3n) is 2.20. The number of ether oxygens (including phenoxy) is 1. The molecule has 0 aromatic heterocycles. The smallest absolute Gasteiger partial charge is 0.355 e. The van der Waals surface area contributed by atoms with Crippen LogP contribution in [0.5, 0.6) is 0 Å². The molecule has 1 aliphatic heterocycles. The Balaban J connectivity index is 1.93. The molecule has 2 rings (SSSR count). The Bertz CT molecular complexity index is 499. The van der Waals surface area contributed by atoms with Gasteiger partial charge in [-0.2, -0.15) is 5.10 Å². The highest BCUT2D eigenvalue weighted by Crippen LogP contribution is 2.08. The van der Waals surface area contributed by atoms with Crippen molar-refractivity contribution in [1.29, 1.82) is 0 Å². The van der Waals surface area contributed by atoms with Crippen molar-refractivity contribution in [3.63, 3.8) is 0 Å². The Labute approximate surface area is 96.3 Å². The molecule has 1 N–H and O–H groups in total. The summed E-state index contributed by atoms with van der Waals surface area (Å²) < 4.78 is 18.0. The SMILES string of the molecule is O=C1CC(C(=O)OCc2ccccc2F)=NN1. The molecule has 0 saturated carbocycles. The Morgan fingerprint density at radius 3 is 2.88 bits per heavy atom. The van der Waals surface area contributed by atoms with Crippen molar-refractivity contribution in [2.24, 2.45) is 5.10 Å². The van der Waals surface area contributed by atoms with Gasteiger partial charge in [-0.05, 0) is 6.07 Å².